The van der Waals surface area contributed by atoms with Crippen molar-refractivity contribution in [2.45, 2.75) is 242 Å². The molecular weight excluding hydrogens is 973 g/mol. The molecule has 0 aromatic heterocycles. The Labute approximate surface area is 433 Å². The molecule has 424 valence electrons. The van der Waals surface area contributed by atoms with E-state index in [1.807, 2.05) is 0 Å². The van der Waals surface area contributed by atoms with E-state index in [0.29, 0.717) is 19.3 Å². The van der Waals surface area contributed by atoms with Crippen molar-refractivity contribution in [1.29, 1.82) is 0 Å². The largest absolute Gasteiger partial charge is 0.432 e. The van der Waals surface area contributed by atoms with E-state index in [2.05, 4.69) is 54.5 Å². The molecule has 0 spiro atoms. The summed E-state index contributed by atoms with van der Waals surface area (Å²) in [5, 5.41) is 128. The van der Waals surface area contributed by atoms with Gasteiger partial charge in [-0.15, -0.1) is 0 Å². The van der Waals surface area contributed by atoms with E-state index >= 15 is 0 Å². The normalized spacial score (nSPS) is 54.1. The van der Waals surface area contributed by atoms with Crippen molar-refractivity contribution in [3.8, 4) is 0 Å². The summed E-state index contributed by atoms with van der Waals surface area (Å²) in [5.74, 6) is -0.306. The van der Waals surface area contributed by atoms with E-state index in [1.54, 1.807) is 0 Å². The smallest absolute Gasteiger partial charge is 0.315 e. The summed E-state index contributed by atoms with van der Waals surface area (Å²) in [7, 11) is 0. The molecule has 8 fully saturated rings. The van der Waals surface area contributed by atoms with Crippen molar-refractivity contribution in [2.24, 2.45) is 50.2 Å². The van der Waals surface area contributed by atoms with Crippen molar-refractivity contribution >= 4 is 5.97 Å². The monoisotopic (exact) mass is 1060 g/mol. The van der Waals surface area contributed by atoms with Gasteiger partial charge in [0.2, 0.25) is 6.29 Å². The number of allylic oxidation sites excluding steroid dienone is 2. The third kappa shape index (κ3) is 9.17. The topological polar surface area (TPSA) is 334 Å². The highest BCUT2D eigenvalue weighted by Crippen LogP contribution is 2.76. The van der Waals surface area contributed by atoms with Gasteiger partial charge in [-0.3, -0.25) is 4.79 Å². The van der Waals surface area contributed by atoms with Crippen LogP contribution >= 0.6 is 0 Å². The Balaban J connectivity index is 0.973. The summed E-state index contributed by atoms with van der Waals surface area (Å²) in [6, 6.07) is 0. The van der Waals surface area contributed by atoms with Crippen LogP contribution in [-0.2, 0) is 42.7 Å². The maximum atomic E-state index is 14.8. The third-order valence-electron chi connectivity index (χ3n) is 21.0. The first-order valence-electron chi connectivity index (χ1n) is 27.1. The van der Waals surface area contributed by atoms with Crippen LogP contribution in [0.15, 0.2) is 11.6 Å². The zero-order chi connectivity index (χ0) is 54.0. The lowest BCUT2D eigenvalue weighted by Gasteiger charge is -2.71. The number of fused-ring (bicyclic) bond motifs is 7. The second kappa shape index (κ2) is 20.5. The highest BCUT2D eigenvalue weighted by molar-refractivity contribution is 5.79. The lowest BCUT2D eigenvalue weighted by atomic mass is 9.33. The van der Waals surface area contributed by atoms with Crippen molar-refractivity contribution in [1.82, 2.24) is 0 Å². The molecular formula is C53H86O21. The molecule has 4 heterocycles. The SMILES string of the molecule is CC1OC(OC2C(OC3CCC4(C)C(CCC5(C)C4CC=C4C6CC(C)(C)CCC6(C(=O)OC6OC(CO)C(O)C(O)C6O)CCC45C)C3(C)C)OCC(O)C2OC2OC(CO)C(O)C(O)C2O)C(O)C(O)C1O. The Morgan fingerprint density at radius 2 is 1.18 bits per heavy atom. The second-order valence-electron chi connectivity index (χ2n) is 25.8. The van der Waals surface area contributed by atoms with Crippen LogP contribution in [0.2, 0.25) is 0 Å². The Hall–Kier alpha value is -1.55. The fraction of sp³-hybridized carbons (Fsp3) is 0.943. The van der Waals surface area contributed by atoms with Crippen LogP contribution in [0.5, 0.6) is 0 Å². The Kier molecular flexibility index (Phi) is 15.8. The van der Waals surface area contributed by atoms with Gasteiger partial charge in [0, 0.05) is 0 Å². The molecule has 0 radical (unpaired) electrons. The third-order valence-corrected chi connectivity index (χ3v) is 21.0. The molecule has 4 aliphatic heterocycles. The molecule has 27 atom stereocenters. The van der Waals surface area contributed by atoms with Crippen LogP contribution in [0.1, 0.15) is 120 Å². The van der Waals surface area contributed by atoms with Gasteiger partial charge in [-0.05, 0) is 116 Å². The van der Waals surface area contributed by atoms with Gasteiger partial charge in [0.05, 0.1) is 37.4 Å². The first kappa shape index (κ1) is 57.1. The van der Waals surface area contributed by atoms with E-state index in [1.165, 1.54) is 12.5 Å². The van der Waals surface area contributed by atoms with Gasteiger partial charge >= 0.3 is 5.97 Å². The summed E-state index contributed by atoms with van der Waals surface area (Å²) in [6.45, 7) is 15.9. The zero-order valence-corrected chi connectivity index (χ0v) is 44.1. The number of carbonyl (C=O) groups is 1. The molecule has 9 aliphatic rings. The van der Waals surface area contributed by atoms with Crippen LogP contribution in [0.3, 0.4) is 0 Å². The molecule has 21 nitrogen and oxygen atoms in total. The molecule has 12 N–H and O–H groups in total. The maximum absolute atomic E-state index is 14.8. The molecule has 0 aromatic rings. The van der Waals surface area contributed by atoms with E-state index in [-0.39, 0.29) is 46.0 Å². The Morgan fingerprint density at radius 1 is 0.608 bits per heavy atom. The highest BCUT2D eigenvalue weighted by Gasteiger charge is 2.70. The van der Waals surface area contributed by atoms with Crippen molar-refractivity contribution in [3.05, 3.63) is 11.6 Å². The average molecular weight is 1060 g/mol. The van der Waals surface area contributed by atoms with Crippen LogP contribution in [-0.4, -0.2) is 210 Å². The number of ether oxygens (including phenoxy) is 8. The molecule has 74 heavy (non-hydrogen) atoms. The molecule has 4 saturated heterocycles. The van der Waals surface area contributed by atoms with E-state index in [4.69, 9.17) is 37.9 Å². The van der Waals surface area contributed by atoms with Crippen molar-refractivity contribution in [2.75, 3.05) is 19.8 Å². The molecule has 0 bridgehead atoms. The van der Waals surface area contributed by atoms with E-state index < -0.39 is 153 Å². The Bertz CT molecular complexity index is 2040. The second-order valence-corrected chi connectivity index (χ2v) is 25.8. The Morgan fingerprint density at radius 3 is 1.81 bits per heavy atom. The van der Waals surface area contributed by atoms with Crippen LogP contribution < -0.4 is 0 Å². The molecule has 9 rings (SSSR count). The highest BCUT2D eigenvalue weighted by atomic mass is 16.8. The molecule has 27 unspecified atom stereocenters. The van der Waals surface area contributed by atoms with E-state index in [9.17, 15) is 66.1 Å². The lowest BCUT2D eigenvalue weighted by molar-refractivity contribution is -0.388. The lowest BCUT2D eigenvalue weighted by Crippen LogP contribution is -2.67. The maximum Gasteiger partial charge on any atom is 0.315 e. The summed E-state index contributed by atoms with van der Waals surface area (Å²) < 4.78 is 49.0. The number of esters is 1. The van der Waals surface area contributed by atoms with Gasteiger partial charge in [-0.1, -0.05) is 60.1 Å². The minimum Gasteiger partial charge on any atom is -0.432 e. The minimum atomic E-state index is -1.83. The van der Waals surface area contributed by atoms with Crippen LogP contribution in [0.25, 0.3) is 0 Å². The summed E-state index contributed by atoms with van der Waals surface area (Å²) >= 11 is 0. The first-order chi connectivity index (χ1) is 34.6. The standard InChI is InChI=1S/C53H86O21/c1-23-32(57)35(60)38(63)43(68-23)73-42-41(72-44-39(64)36(61)33(58)27(20-54)69-44)26(56)22-67-46(42)71-31-12-13-50(6)29(49(31,4)5)11-14-52(8)30(50)10-9-24-25-19-48(2,3)15-17-53(25,18-16-51(24,52)7)47(66)74-45-40(65)37(62)34(59)28(21-55)70-45/h9,23,25-46,54-65H,10-22H2,1-8H3. The van der Waals surface area contributed by atoms with Gasteiger partial charge in [0.15, 0.2) is 18.9 Å². The average Bonchev–Trinajstić information content (AvgIpc) is 3.35. The summed E-state index contributed by atoms with van der Waals surface area (Å²) in [4.78, 5) is 14.8. The van der Waals surface area contributed by atoms with E-state index in [0.717, 1.165) is 44.9 Å². The predicted octanol–water partition coefficient (Wildman–Crippen LogP) is -0.369. The predicted molar refractivity (Wildman–Crippen MR) is 255 cm³/mol. The molecule has 21 heteroatoms. The minimum absolute atomic E-state index is 0.0812. The number of hydrogen-bond acceptors (Lipinski definition) is 21. The van der Waals surface area contributed by atoms with Gasteiger partial charge < -0.3 is 99.2 Å². The van der Waals surface area contributed by atoms with Crippen LogP contribution in [0.4, 0.5) is 0 Å². The molecule has 4 saturated carbocycles. The number of aliphatic hydroxyl groups excluding tert-OH is 12. The van der Waals surface area contributed by atoms with Gasteiger partial charge in [-0.25, -0.2) is 0 Å². The van der Waals surface area contributed by atoms with Crippen molar-refractivity contribution < 1.29 is 104 Å². The fourth-order valence-corrected chi connectivity index (χ4v) is 16.2. The number of rotatable bonds is 10. The quantitative estimate of drug-likeness (QED) is 0.0755. The summed E-state index contributed by atoms with van der Waals surface area (Å²) in [6.07, 6.45) is -20.0. The molecule has 0 aromatic carbocycles. The number of carbonyl (C=O) groups excluding carboxylic acids is 1. The fourth-order valence-electron chi connectivity index (χ4n) is 16.2. The van der Waals surface area contributed by atoms with Crippen molar-refractivity contribution in [3.63, 3.8) is 0 Å². The zero-order valence-electron chi connectivity index (χ0n) is 44.1. The first-order valence-corrected chi connectivity index (χ1v) is 27.1. The number of hydrogen-bond donors (Lipinski definition) is 12. The van der Waals surface area contributed by atoms with Crippen LogP contribution in [0, 0.1) is 50.2 Å². The van der Waals surface area contributed by atoms with Gasteiger partial charge in [0.1, 0.15) is 85.5 Å². The summed E-state index contributed by atoms with van der Waals surface area (Å²) in [5.41, 5.74) is -0.904. The molecule has 5 aliphatic carbocycles. The number of aliphatic hydroxyl groups is 12. The van der Waals surface area contributed by atoms with Gasteiger partial charge in [-0.2, -0.15) is 0 Å². The molecule has 0 amide bonds. The van der Waals surface area contributed by atoms with Gasteiger partial charge in [0.25, 0.3) is 0 Å².